The summed E-state index contributed by atoms with van der Waals surface area (Å²) in [7, 11) is 2.12. The van der Waals surface area contributed by atoms with E-state index in [1.165, 1.54) is 12.1 Å². The first-order valence-electron chi connectivity index (χ1n) is 9.08. The number of anilines is 3. The highest BCUT2D eigenvalue weighted by Crippen LogP contribution is 2.25. The third-order valence-corrected chi connectivity index (χ3v) is 4.67. The molecule has 0 amide bonds. The molecule has 0 saturated carbocycles. The van der Waals surface area contributed by atoms with Crippen LogP contribution in [0.25, 0.3) is 11.3 Å². The van der Waals surface area contributed by atoms with Crippen molar-refractivity contribution in [1.82, 2.24) is 14.9 Å². The van der Waals surface area contributed by atoms with Gasteiger partial charge in [-0.3, -0.25) is 0 Å². The summed E-state index contributed by atoms with van der Waals surface area (Å²) in [6.07, 6.45) is 0. The fourth-order valence-electron chi connectivity index (χ4n) is 3.12. The molecular formula is C21H22FN5. The number of hydrogen-bond acceptors (Lipinski definition) is 5. The molecule has 27 heavy (non-hydrogen) atoms. The summed E-state index contributed by atoms with van der Waals surface area (Å²) in [5, 5.41) is 3.21. The number of hydrogen-bond donors (Lipinski definition) is 1. The molecule has 1 N–H and O–H groups in total. The number of piperazine rings is 1. The lowest BCUT2D eigenvalue weighted by Gasteiger charge is -2.32. The molecular weight excluding hydrogens is 341 g/mol. The highest BCUT2D eigenvalue weighted by molar-refractivity contribution is 5.67. The fraction of sp³-hybridized carbons (Fsp3) is 0.238. The number of benzene rings is 2. The normalized spacial score (nSPS) is 15.0. The summed E-state index contributed by atoms with van der Waals surface area (Å²) in [6, 6.07) is 18.3. The summed E-state index contributed by atoms with van der Waals surface area (Å²) in [5.74, 6) is 1.07. The van der Waals surface area contributed by atoms with E-state index in [0.29, 0.717) is 17.5 Å². The van der Waals surface area contributed by atoms with E-state index in [2.05, 4.69) is 22.2 Å². The Morgan fingerprint density at radius 1 is 0.889 bits per heavy atom. The van der Waals surface area contributed by atoms with E-state index in [4.69, 9.17) is 9.97 Å². The lowest BCUT2D eigenvalue weighted by molar-refractivity contribution is 0.311. The minimum absolute atomic E-state index is 0.281. The van der Waals surface area contributed by atoms with Crippen LogP contribution in [0.5, 0.6) is 0 Å². The lowest BCUT2D eigenvalue weighted by atomic mass is 10.1. The van der Waals surface area contributed by atoms with Gasteiger partial charge in [-0.2, -0.15) is 4.98 Å². The number of aromatic nitrogens is 2. The Hall–Kier alpha value is -2.99. The predicted molar refractivity (Wildman–Crippen MR) is 107 cm³/mol. The van der Waals surface area contributed by atoms with Crippen molar-refractivity contribution in [3.8, 4) is 11.3 Å². The van der Waals surface area contributed by atoms with Crippen molar-refractivity contribution < 1.29 is 4.39 Å². The van der Waals surface area contributed by atoms with Gasteiger partial charge in [-0.1, -0.05) is 36.4 Å². The Bertz CT molecular complexity index is 907. The summed E-state index contributed by atoms with van der Waals surface area (Å²) in [5.41, 5.74) is 2.54. The smallest absolute Gasteiger partial charge is 0.227 e. The molecule has 138 valence electrons. The van der Waals surface area contributed by atoms with Gasteiger partial charge in [0.25, 0.3) is 0 Å². The first-order chi connectivity index (χ1) is 13.2. The SMILES string of the molecule is CN1CCN(c2nc(Nc3cccc(F)c3)cc(-c3ccccc3)n2)CC1. The highest BCUT2D eigenvalue weighted by Gasteiger charge is 2.18. The van der Waals surface area contributed by atoms with Gasteiger partial charge < -0.3 is 15.1 Å². The predicted octanol–water partition coefficient (Wildman–Crippen LogP) is 3.78. The van der Waals surface area contributed by atoms with Crippen LogP contribution in [0.4, 0.5) is 21.8 Å². The van der Waals surface area contributed by atoms with Crippen molar-refractivity contribution >= 4 is 17.5 Å². The monoisotopic (exact) mass is 363 g/mol. The molecule has 0 bridgehead atoms. The topological polar surface area (TPSA) is 44.3 Å². The second-order valence-corrected chi connectivity index (χ2v) is 6.73. The maximum atomic E-state index is 13.5. The number of halogens is 1. The summed E-state index contributed by atoms with van der Waals surface area (Å²) in [4.78, 5) is 14.0. The molecule has 1 aromatic heterocycles. The van der Waals surface area contributed by atoms with Crippen molar-refractivity contribution in [2.24, 2.45) is 0 Å². The van der Waals surface area contributed by atoms with Gasteiger partial charge in [0, 0.05) is 43.5 Å². The van der Waals surface area contributed by atoms with Gasteiger partial charge in [0.1, 0.15) is 11.6 Å². The third-order valence-electron chi connectivity index (χ3n) is 4.67. The van der Waals surface area contributed by atoms with Crippen LogP contribution in [0, 0.1) is 5.82 Å². The van der Waals surface area contributed by atoms with Crippen molar-refractivity contribution in [2.75, 3.05) is 43.4 Å². The Morgan fingerprint density at radius 3 is 2.41 bits per heavy atom. The molecule has 0 atom stereocenters. The maximum absolute atomic E-state index is 13.5. The largest absolute Gasteiger partial charge is 0.340 e. The first kappa shape index (κ1) is 17.4. The van der Waals surface area contributed by atoms with Gasteiger partial charge in [0.05, 0.1) is 5.69 Å². The van der Waals surface area contributed by atoms with Gasteiger partial charge >= 0.3 is 0 Å². The quantitative estimate of drug-likeness (QED) is 0.764. The Labute approximate surface area is 158 Å². The molecule has 1 fully saturated rings. The minimum Gasteiger partial charge on any atom is -0.340 e. The molecule has 3 aromatic rings. The van der Waals surface area contributed by atoms with Gasteiger partial charge in [-0.15, -0.1) is 0 Å². The summed E-state index contributed by atoms with van der Waals surface area (Å²) < 4.78 is 13.5. The van der Waals surface area contributed by atoms with Crippen molar-refractivity contribution in [1.29, 1.82) is 0 Å². The third kappa shape index (κ3) is 4.23. The minimum atomic E-state index is -0.281. The van der Waals surface area contributed by atoms with Crippen LogP contribution in [0.1, 0.15) is 0 Å². The lowest BCUT2D eigenvalue weighted by Crippen LogP contribution is -2.45. The van der Waals surface area contributed by atoms with Crippen LogP contribution in [0.3, 0.4) is 0 Å². The molecule has 0 unspecified atom stereocenters. The van der Waals surface area contributed by atoms with Crippen LogP contribution in [-0.2, 0) is 0 Å². The zero-order valence-electron chi connectivity index (χ0n) is 15.3. The van der Waals surface area contributed by atoms with Crippen LogP contribution >= 0.6 is 0 Å². The number of likely N-dealkylation sites (N-methyl/N-ethyl adjacent to an activating group) is 1. The highest BCUT2D eigenvalue weighted by atomic mass is 19.1. The summed E-state index contributed by atoms with van der Waals surface area (Å²) in [6.45, 7) is 3.72. The van der Waals surface area contributed by atoms with Crippen LogP contribution in [-0.4, -0.2) is 48.1 Å². The summed E-state index contributed by atoms with van der Waals surface area (Å²) >= 11 is 0. The Balaban J connectivity index is 1.70. The Kier molecular flexibility index (Phi) is 4.98. The van der Waals surface area contributed by atoms with E-state index in [1.807, 2.05) is 42.5 Å². The van der Waals surface area contributed by atoms with Gasteiger partial charge in [0.15, 0.2) is 0 Å². The van der Waals surface area contributed by atoms with Gasteiger partial charge in [0.2, 0.25) is 5.95 Å². The van der Waals surface area contributed by atoms with Crippen LogP contribution in [0.2, 0.25) is 0 Å². The van der Waals surface area contributed by atoms with Crippen LogP contribution < -0.4 is 10.2 Å². The Morgan fingerprint density at radius 2 is 1.67 bits per heavy atom. The van der Waals surface area contributed by atoms with E-state index in [0.717, 1.165) is 37.4 Å². The van der Waals surface area contributed by atoms with Crippen molar-refractivity contribution in [2.45, 2.75) is 0 Å². The molecule has 6 heteroatoms. The van der Waals surface area contributed by atoms with E-state index in [1.54, 1.807) is 6.07 Å². The molecule has 5 nitrogen and oxygen atoms in total. The first-order valence-corrected chi connectivity index (χ1v) is 9.08. The standard InChI is InChI=1S/C21H22FN5/c1-26-10-12-27(13-11-26)21-24-19(16-6-3-2-4-7-16)15-20(25-21)23-18-9-5-8-17(22)14-18/h2-9,14-15H,10-13H2,1H3,(H,23,24,25). The molecule has 0 radical (unpaired) electrons. The average molecular weight is 363 g/mol. The molecule has 2 heterocycles. The molecule has 4 rings (SSSR count). The number of rotatable bonds is 4. The molecule has 2 aromatic carbocycles. The molecule has 1 aliphatic heterocycles. The van der Waals surface area contributed by atoms with E-state index < -0.39 is 0 Å². The average Bonchev–Trinajstić information content (AvgIpc) is 2.69. The zero-order valence-corrected chi connectivity index (χ0v) is 15.3. The van der Waals surface area contributed by atoms with E-state index >= 15 is 0 Å². The second-order valence-electron chi connectivity index (χ2n) is 6.73. The molecule has 1 saturated heterocycles. The molecule has 0 spiro atoms. The van der Waals surface area contributed by atoms with E-state index in [9.17, 15) is 4.39 Å². The molecule has 0 aliphatic carbocycles. The van der Waals surface area contributed by atoms with Crippen molar-refractivity contribution in [3.63, 3.8) is 0 Å². The van der Waals surface area contributed by atoms with Crippen molar-refractivity contribution in [3.05, 3.63) is 66.5 Å². The van der Waals surface area contributed by atoms with Gasteiger partial charge in [-0.05, 0) is 25.2 Å². The molecule has 1 aliphatic rings. The fourth-order valence-corrected chi connectivity index (χ4v) is 3.12. The zero-order chi connectivity index (χ0) is 18.6. The number of nitrogens with one attached hydrogen (secondary N) is 1. The maximum Gasteiger partial charge on any atom is 0.227 e. The number of nitrogens with zero attached hydrogens (tertiary/aromatic N) is 4. The van der Waals surface area contributed by atoms with Crippen LogP contribution in [0.15, 0.2) is 60.7 Å². The van der Waals surface area contributed by atoms with E-state index in [-0.39, 0.29) is 5.82 Å². The second kappa shape index (κ2) is 7.72. The van der Waals surface area contributed by atoms with Gasteiger partial charge in [-0.25, -0.2) is 9.37 Å².